The van der Waals surface area contributed by atoms with Crippen molar-refractivity contribution >= 4 is 16.6 Å². The Kier molecular flexibility index (Phi) is 2.58. The van der Waals surface area contributed by atoms with Crippen molar-refractivity contribution in [1.82, 2.24) is 4.98 Å². The molecule has 0 aliphatic carbocycles. The molecule has 0 spiro atoms. The van der Waals surface area contributed by atoms with Crippen LogP contribution in [0.5, 0.6) is 0 Å². The van der Waals surface area contributed by atoms with Gasteiger partial charge in [-0.2, -0.15) is 0 Å². The number of aromatic nitrogens is 1. The standard InChI is InChI=1S/C13H16N2/c1-4-14-13-8-10(3)15-12-6-5-9(2)7-11(12)13/h5-8H,4H2,1-3H3,(H,14,15). The van der Waals surface area contributed by atoms with Crippen LogP contribution < -0.4 is 5.32 Å². The fourth-order valence-corrected chi connectivity index (χ4v) is 1.81. The first-order chi connectivity index (χ1) is 7.20. The highest BCUT2D eigenvalue weighted by atomic mass is 14.9. The molecule has 15 heavy (non-hydrogen) atoms. The Morgan fingerprint density at radius 1 is 1.20 bits per heavy atom. The summed E-state index contributed by atoms with van der Waals surface area (Å²) in [6.45, 7) is 7.18. The van der Waals surface area contributed by atoms with Gasteiger partial charge in [-0.15, -0.1) is 0 Å². The lowest BCUT2D eigenvalue weighted by Crippen LogP contribution is -1.99. The smallest absolute Gasteiger partial charge is 0.0726 e. The largest absolute Gasteiger partial charge is 0.385 e. The molecule has 0 amide bonds. The summed E-state index contributed by atoms with van der Waals surface area (Å²) in [5.74, 6) is 0. The summed E-state index contributed by atoms with van der Waals surface area (Å²) in [6, 6.07) is 8.47. The van der Waals surface area contributed by atoms with Gasteiger partial charge in [0.15, 0.2) is 0 Å². The van der Waals surface area contributed by atoms with E-state index < -0.39 is 0 Å². The maximum atomic E-state index is 4.52. The summed E-state index contributed by atoms with van der Waals surface area (Å²) in [5, 5.41) is 4.59. The number of hydrogen-bond acceptors (Lipinski definition) is 2. The number of nitrogens with one attached hydrogen (secondary N) is 1. The summed E-state index contributed by atoms with van der Waals surface area (Å²) >= 11 is 0. The molecule has 2 aromatic rings. The quantitative estimate of drug-likeness (QED) is 0.804. The van der Waals surface area contributed by atoms with Gasteiger partial charge in [-0.05, 0) is 39.0 Å². The second-order valence-corrected chi connectivity index (χ2v) is 3.86. The third-order valence-electron chi connectivity index (χ3n) is 2.46. The number of aryl methyl sites for hydroxylation is 2. The van der Waals surface area contributed by atoms with Crippen molar-refractivity contribution in [2.24, 2.45) is 0 Å². The Balaban J connectivity index is 2.70. The van der Waals surface area contributed by atoms with Crippen LogP contribution in [-0.2, 0) is 0 Å². The maximum Gasteiger partial charge on any atom is 0.0726 e. The second kappa shape index (κ2) is 3.89. The molecule has 1 aromatic carbocycles. The van der Waals surface area contributed by atoms with E-state index in [1.807, 2.05) is 6.92 Å². The predicted octanol–water partition coefficient (Wildman–Crippen LogP) is 3.28. The molecular weight excluding hydrogens is 184 g/mol. The minimum Gasteiger partial charge on any atom is -0.385 e. The van der Waals surface area contributed by atoms with Gasteiger partial charge in [0.05, 0.1) is 5.52 Å². The maximum absolute atomic E-state index is 4.52. The van der Waals surface area contributed by atoms with Gasteiger partial charge in [0.25, 0.3) is 0 Å². The highest BCUT2D eigenvalue weighted by Crippen LogP contribution is 2.23. The van der Waals surface area contributed by atoms with Crippen molar-refractivity contribution in [2.45, 2.75) is 20.8 Å². The van der Waals surface area contributed by atoms with Crippen molar-refractivity contribution in [3.05, 3.63) is 35.5 Å². The van der Waals surface area contributed by atoms with Crippen LogP contribution in [0.1, 0.15) is 18.2 Å². The van der Waals surface area contributed by atoms with Gasteiger partial charge < -0.3 is 5.32 Å². The van der Waals surface area contributed by atoms with Crippen LogP contribution in [0.2, 0.25) is 0 Å². The fraction of sp³-hybridized carbons (Fsp3) is 0.308. The molecule has 0 bridgehead atoms. The lowest BCUT2D eigenvalue weighted by molar-refractivity contribution is 1.19. The van der Waals surface area contributed by atoms with Crippen LogP contribution in [0.4, 0.5) is 5.69 Å². The number of anilines is 1. The average Bonchev–Trinajstić information content (AvgIpc) is 2.19. The van der Waals surface area contributed by atoms with E-state index >= 15 is 0 Å². The SMILES string of the molecule is CCNc1cc(C)nc2ccc(C)cc12. The molecule has 78 valence electrons. The molecule has 0 unspecified atom stereocenters. The first-order valence-electron chi connectivity index (χ1n) is 5.32. The van der Waals surface area contributed by atoms with Crippen LogP contribution in [0.25, 0.3) is 10.9 Å². The molecule has 0 aliphatic rings. The number of hydrogen-bond donors (Lipinski definition) is 1. The van der Waals surface area contributed by atoms with Gasteiger partial charge in [0.2, 0.25) is 0 Å². The van der Waals surface area contributed by atoms with E-state index in [1.165, 1.54) is 16.6 Å². The Morgan fingerprint density at radius 2 is 2.00 bits per heavy atom. The molecule has 0 fully saturated rings. The van der Waals surface area contributed by atoms with E-state index in [-0.39, 0.29) is 0 Å². The molecule has 2 rings (SSSR count). The van der Waals surface area contributed by atoms with Crippen LogP contribution in [-0.4, -0.2) is 11.5 Å². The summed E-state index contributed by atoms with van der Waals surface area (Å²) in [6.07, 6.45) is 0. The molecule has 0 saturated carbocycles. The van der Waals surface area contributed by atoms with Gasteiger partial charge in [-0.1, -0.05) is 11.6 Å². The van der Waals surface area contributed by atoms with Gasteiger partial charge in [-0.3, -0.25) is 4.98 Å². The third-order valence-corrected chi connectivity index (χ3v) is 2.46. The summed E-state index contributed by atoms with van der Waals surface area (Å²) < 4.78 is 0. The number of nitrogens with zero attached hydrogens (tertiary/aromatic N) is 1. The Bertz CT molecular complexity index is 489. The molecule has 2 nitrogen and oxygen atoms in total. The van der Waals surface area contributed by atoms with Crippen LogP contribution in [0.3, 0.4) is 0 Å². The summed E-state index contributed by atoms with van der Waals surface area (Å²) in [5.41, 5.74) is 4.58. The van der Waals surface area contributed by atoms with E-state index in [0.29, 0.717) is 0 Å². The highest BCUT2D eigenvalue weighted by molar-refractivity contribution is 5.91. The number of pyridine rings is 1. The zero-order valence-electron chi connectivity index (χ0n) is 9.46. The Labute approximate surface area is 90.3 Å². The first-order valence-corrected chi connectivity index (χ1v) is 5.32. The van der Waals surface area contributed by atoms with Crippen molar-refractivity contribution in [1.29, 1.82) is 0 Å². The summed E-state index contributed by atoms with van der Waals surface area (Å²) in [7, 11) is 0. The summed E-state index contributed by atoms with van der Waals surface area (Å²) in [4.78, 5) is 4.52. The first kappa shape index (κ1) is 9.97. The minimum atomic E-state index is 0.937. The predicted molar refractivity (Wildman–Crippen MR) is 65.4 cm³/mol. The van der Waals surface area contributed by atoms with E-state index in [4.69, 9.17) is 0 Å². The van der Waals surface area contributed by atoms with E-state index in [1.54, 1.807) is 0 Å². The number of benzene rings is 1. The van der Waals surface area contributed by atoms with E-state index in [0.717, 1.165) is 17.8 Å². The molecule has 2 heteroatoms. The van der Waals surface area contributed by atoms with Gasteiger partial charge in [0.1, 0.15) is 0 Å². The molecule has 1 N–H and O–H groups in total. The van der Waals surface area contributed by atoms with Gasteiger partial charge in [-0.25, -0.2) is 0 Å². The highest BCUT2D eigenvalue weighted by Gasteiger charge is 2.02. The van der Waals surface area contributed by atoms with Crippen molar-refractivity contribution < 1.29 is 0 Å². The van der Waals surface area contributed by atoms with Gasteiger partial charge >= 0.3 is 0 Å². The fourth-order valence-electron chi connectivity index (χ4n) is 1.81. The zero-order valence-corrected chi connectivity index (χ0v) is 9.46. The third kappa shape index (κ3) is 1.94. The molecule has 1 aromatic heterocycles. The van der Waals surface area contributed by atoms with Crippen molar-refractivity contribution in [3.8, 4) is 0 Å². The minimum absolute atomic E-state index is 0.937. The molecule has 0 atom stereocenters. The van der Waals surface area contributed by atoms with E-state index in [9.17, 15) is 0 Å². The lowest BCUT2D eigenvalue weighted by Gasteiger charge is -2.09. The van der Waals surface area contributed by atoms with Crippen LogP contribution >= 0.6 is 0 Å². The van der Waals surface area contributed by atoms with Crippen LogP contribution in [0, 0.1) is 13.8 Å². The molecule has 1 heterocycles. The Morgan fingerprint density at radius 3 is 2.73 bits per heavy atom. The number of rotatable bonds is 2. The van der Waals surface area contributed by atoms with Gasteiger partial charge in [0, 0.05) is 23.3 Å². The normalized spacial score (nSPS) is 10.6. The topological polar surface area (TPSA) is 24.9 Å². The van der Waals surface area contributed by atoms with Crippen LogP contribution in [0.15, 0.2) is 24.3 Å². The molecule has 0 saturated heterocycles. The molecule has 0 aliphatic heterocycles. The second-order valence-electron chi connectivity index (χ2n) is 3.86. The zero-order chi connectivity index (χ0) is 10.8. The molecular formula is C13H16N2. The average molecular weight is 200 g/mol. The van der Waals surface area contributed by atoms with Crippen molar-refractivity contribution in [3.63, 3.8) is 0 Å². The monoisotopic (exact) mass is 200 g/mol. The number of fused-ring (bicyclic) bond motifs is 1. The molecule has 0 radical (unpaired) electrons. The van der Waals surface area contributed by atoms with Crippen molar-refractivity contribution in [2.75, 3.05) is 11.9 Å². The Hall–Kier alpha value is -1.57. The lowest BCUT2D eigenvalue weighted by atomic mass is 10.1. The van der Waals surface area contributed by atoms with E-state index in [2.05, 4.69) is 48.4 Å².